The van der Waals surface area contributed by atoms with E-state index in [2.05, 4.69) is 16.0 Å². The summed E-state index contributed by atoms with van der Waals surface area (Å²) in [7, 11) is 0. The number of halogens is 3. The van der Waals surface area contributed by atoms with E-state index >= 15 is 0 Å². The zero-order valence-corrected chi connectivity index (χ0v) is 18.9. The molecule has 0 bridgehead atoms. The van der Waals surface area contributed by atoms with Crippen molar-refractivity contribution in [3.63, 3.8) is 0 Å². The Morgan fingerprint density at radius 1 is 1.24 bits per heavy atom. The van der Waals surface area contributed by atoms with Crippen LogP contribution in [0.5, 0.6) is 0 Å². The van der Waals surface area contributed by atoms with Gasteiger partial charge in [-0.3, -0.25) is 14.7 Å². The minimum atomic E-state index is -5.08. The highest BCUT2D eigenvalue weighted by molar-refractivity contribution is 5.73. The fourth-order valence-electron chi connectivity index (χ4n) is 4.64. The van der Waals surface area contributed by atoms with Gasteiger partial charge >= 0.3 is 12.1 Å². The number of carbonyl (C=O) groups is 2. The fourth-order valence-corrected chi connectivity index (χ4v) is 4.64. The van der Waals surface area contributed by atoms with Crippen LogP contribution in [0.1, 0.15) is 44.6 Å². The number of ether oxygens (including phenoxy) is 1. The SMILES string of the molecule is CC(=O)N1CCC2(CC1)CC(COCC1CC1)N(Cc1cccnc1)C2.O=C(O)C(F)(F)F. The van der Waals surface area contributed by atoms with Crippen molar-refractivity contribution < 1.29 is 32.6 Å². The average Bonchev–Trinajstić information content (AvgIpc) is 3.52. The molecule has 184 valence electrons. The number of hydrogen-bond donors (Lipinski definition) is 1. The highest BCUT2D eigenvalue weighted by Crippen LogP contribution is 2.44. The maximum absolute atomic E-state index is 11.7. The van der Waals surface area contributed by atoms with E-state index in [1.807, 2.05) is 23.4 Å². The van der Waals surface area contributed by atoms with Gasteiger partial charge in [0.1, 0.15) is 0 Å². The van der Waals surface area contributed by atoms with Crippen molar-refractivity contribution in [2.75, 3.05) is 32.8 Å². The second-order valence-corrected chi connectivity index (χ2v) is 9.41. The third-order valence-corrected chi connectivity index (χ3v) is 6.70. The molecule has 0 radical (unpaired) electrons. The van der Waals surface area contributed by atoms with E-state index in [9.17, 15) is 18.0 Å². The Balaban J connectivity index is 0.000000383. The van der Waals surface area contributed by atoms with Crippen molar-refractivity contribution in [2.24, 2.45) is 11.3 Å². The van der Waals surface area contributed by atoms with Gasteiger partial charge in [-0.2, -0.15) is 13.2 Å². The van der Waals surface area contributed by atoms with E-state index in [0.29, 0.717) is 11.5 Å². The monoisotopic (exact) mass is 471 g/mol. The third kappa shape index (κ3) is 7.67. The molecule has 1 aromatic rings. The number of piperidine rings is 1. The number of likely N-dealkylation sites (tertiary alicyclic amines) is 2. The van der Waals surface area contributed by atoms with Gasteiger partial charge < -0.3 is 14.7 Å². The van der Waals surface area contributed by atoms with Crippen LogP contribution >= 0.6 is 0 Å². The molecule has 1 spiro atoms. The lowest BCUT2D eigenvalue weighted by molar-refractivity contribution is -0.192. The molecule has 0 aromatic carbocycles. The summed E-state index contributed by atoms with van der Waals surface area (Å²) in [5.74, 6) is -1.72. The van der Waals surface area contributed by atoms with Gasteiger partial charge in [-0.05, 0) is 55.1 Å². The van der Waals surface area contributed by atoms with Gasteiger partial charge in [0, 0.05) is 58.1 Å². The van der Waals surface area contributed by atoms with Gasteiger partial charge in [-0.15, -0.1) is 0 Å². The van der Waals surface area contributed by atoms with Crippen LogP contribution in [0.2, 0.25) is 0 Å². The number of carboxylic acid groups (broad SMARTS) is 1. The number of aromatic nitrogens is 1. The van der Waals surface area contributed by atoms with Gasteiger partial charge in [0.2, 0.25) is 5.91 Å². The first-order valence-electron chi connectivity index (χ1n) is 11.3. The first-order valence-corrected chi connectivity index (χ1v) is 11.3. The van der Waals surface area contributed by atoms with E-state index in [0.717, 1.165) is 58.2 Å². The smallest absolute Gasteiger partial charge is 0.475 e. The molecule has 1 aliphatic carbocycles. The Morgan fingerprint density at radius 3 is 2.42 bits per heavy atom. The normalized spacial score (nSPS) is 22.7. The summed E-state index contributed by atoms with van der Waals surface area (Å²) in [6.07, 6.45) is 4.85. The van der Waals surface area contributed by atoms with Crippen LogP contribution in [0.15, 0.2) is 24.5 Å². The number of carbonyl (C=O) groups excluding carboxylic acids is 1. The van der Waals surface area contributed by atoms with Crippen molar-refractivity contribution >= 4 is 11.9 Å². The molecule has 1 N–H and O–H groups in total. The summed E-state index contributed by atoms with van der Waals surface area (Å²) in [5, 5.41) is 7.12. The maximum Gasteiger partial charge on any atom is 0.490 e. The summed E-state index contributed by atoms with van der Waals surface area (Å²) >= 11 is 0. The molecule has 7 nitrogen and oxygen atoms in total. The summed E-state index contributed by atoms with van der Waals surface area (Å²) in [6, 6.07) is 4.67. The van der Waals surface area contributed by atoms with E-state index in [1.165, 1.54) is 24.8 Å². The van der Waals surface area contributed by atoms with Crippen molar-refractivity contribution in [3.05, 3.63) is 30.1 Å². The standard InChI is InChI=1S/C21H31N3O2.C2HF3O2/c1-17(25)23-9-6-21(7-10-23)11-20(15-26-14-18-4-5-18)24(16-21)13-19-3-2-8-22-12-19;3-2(4,5)1(6)7/h2-3,8,12,18,20H,4-7,9-11,13-16H2,1H3;(H,6,7). The minimum absolute atomic E-state index is 0.217. The first kappa shape index (κ1) is 25.4. The molecule has 4 rings (SSSR count). The third-order valence-electron chi connectivity index (χ3n) is 6.70. The number of amides is 1. The van der Waals surface area contributed by atoms with Gasteiger partial charge in [-0.25, -0.2) is 4.79 Å². The Hall–Kier alpha value is -2.20. The zero-order valence-electron chi connectivity index (χ0n) is 18.9. The number of alkyl halides is 3. The summed E-state index contributed by atoms with van der Waals surface area (Å²) < 4.78 is 37.8. The molecule has 33 heavy (non-hydrogen) atoms. The Kier molecular flexibility index (Phi) is 8.33. The highest BCUT2D eigenvalue weighted by Gasteiger charge is 2.45. The summed E-state index contributed by atoms with van der Waals surface area (Å²) in [5.41, 5.74) is 1.62. The molecule has 3 aliphatic rings. The van der Waals surface area contributed by atoms with E-state index in [-0.39, 0.29) is 5.91 Å². The molecule has 3 fully saturated rings. The second kappa shape index (κ2) is 10.8. The molecule has 2 saturated heterocycles. The van der Waals surface area contributed by atoms with Crippen LogP contribution in [0, 0.1) is 11.3 Å². The van der Waals surface area contributed by atoms with Crippen molar-refractivity contribution in [3.8, 4) is 0 Å². The fraction of sp³-hybridized carbons (Fsp3) is 0.696. The summed E-state index contributed by atoms with van der Waals surface area (Å²) in [4.78, 5) is 29.5. The predicted molar refractivity (Wildman–Crippen MR) is 114 cm³/mol. The number of carboxylic acids is 1. The quantitative estimate of drug-likeness (QED) is 0.685. The second-order valence-electron chi connectivity index (χ2n) is 9.41. The van der Waals surface area contributed by atoms with E-state index in [1.54, 1.807) is 6.92 Å². The zero-order chi connectivity index (χ0) is 24.1. The van der Waals surface area contributed by atoms with Crippen molar-refractivity contribution in [1.29, 1.82) is 0 Å². The first-order chi connectivity index (χ1) is 15.6. The number of aliphatic carboxylic acids is 1. The molecule has 1 aromatic heterocycles. The molecule has 1 atom stereocenters. The molecule has 1 unspecified atom stereocenters. The van der Waals surface area contributed by atoms with E-state index < -0.39 is 12.1 Å². The summed E-state index contributed by atoms with van der Waals surface area (Å²) in [6.45, 7) is 7.35. The topological polar surface area (TPSA) is 83.0 Å². The van der Waals surface area contributed by atoms with Gasteiger partial charge in [-0.1, -0.05) is 6.07 Å². The van der Waals surface area contributed by atoms with E-state index in [4.69, 9.17) is 14.6 Å². The van der Waals surface area contributed by atoms with Crippen LogP contribution in [-0.2, 0) is 20.9 Å². The molecule has 1 amide bonds. The van der Waals surface area contributed by atoms with Crippen LogP contribution in [0.3, 0.4) is 0 Å². The molecule has 10 heteroatoms. The number of hydrogen-bond acceptors (Lipinski definition) is 5. The average molecular weight is 472 g/mol. The van der Waals surface area contributed by atoms with Gasteiger partial charge in [0.15, 0.2) is 0 Å². The molecule has 1 saturated carbocycles. The number of nitrogens with zero attached hydrogens (tertiary/aromatic N) is 3. The van der Waals surface area contributed by atoms with Crippen LogP contribution in [0.25, 0.3) is 0 Å². The lowest BCUT2D eigenvalue weighted by Crippen LogP contribution is -2.43. The minimum Gasteiger partial charge on any atom is -0.475 e. The van der Waals surface area contributed by atoms with Crippen molar-refractivity contribution in [1.82, 2.24) is 14.8 Å². The number of rotatable bonds is 6. The predicted octanol–water partition coefficient (Wildman–Crippen LogP) is 3.34. The van der Waals surface area contributed by atoms with Gasteiger partial charge in [0.25, 0.3) is 0 Å². The largest absolute Gasteiger partial charge is 0.490 e. The van der Waals surface area contributed by atoms with Crippen LogP contribution in [-0.4, -0.2) is 76.8 Å². The van der Waals surface area contributed by atoms with Crippen LogP contribution in [0.4, 0.5) is 13.2 Å². The molecule has 2 aliphatic heterocycles. The number of pyridine rings is 1. The molecule has 3 heterocycles. The lowest BCUT2D eigenvalue weighted by Gasteiger charge is -2.39. The Labute approximate surface area is 191 Å². The molecular weight excluding hydrogens is 439 g/mol. The molecular formula is C23H32F3N3O4. The van der Waals surface area contributed by atoms with Gasteiger partial charge in [0.05, 0.1) is 6.61 Å². The highest BCUT2D eigenvalue weighted by atomic mass is 19.4. The van der Waals surface area contributed by atoms with Crippen LogP contribution < -0.4 is 0 Å². The Morgan fingerprint density at radius 2 is 1.91 bits per heavy atom. The maximum atomic E-state index is 11.7. The Bertz CT molecular complexity index is 794. The van der Waals surface area contributed by atoms with Crippen molar-refractivity contribution in [2.45, 2.75) is 57.8 Å². The lowest BCUT2D eigenvalue weighted by atomic mass is 9.76.